The summed E-state index contributed by atoms with van der Waals surface area (Å²) in [6, 6.07) is 0. The Morgan fingerprint density at radius 2 is 1.73 bits per heavy atom. The third-order valence-corrected chi connectivity index (χ3v) is 2.01. The fourth-order valence-corrected chi connectivity index (χ4v) is 1.08. The van der Waals surface area contributed by atoms with Crippen molar-refractivity contribution in [3.63, 3.8) is 0 Å². The third-order valence-electron chi connectivity index (χ3n) is 2.01. The van der Waals surface area contributed by atoms with E-state index in [1.807, 2.05) is 20.8 Å². The molecule has 0 saturated heterocycles. The summed E-state index contributed by atoms with van der Waals surface area (Å²) in [5, 5.41) is 0. The smallest absolute Gasteiger partial charge is 0.195 e. The maximum Gasteiger partial charge on any atom is 0.195 e. The molecule has 2 heteroatoms. The van der Waals surface area contributed by atoms with E-state index in [0.717, 1.165) is 16.9 Å². The van der Waals surface area contributed by atoms with Crippen LogP contribution in [0.25, 0.3) is 0 Å². The predicted molar refractivity (Wildman–Crippen MR) is 42.9 cm³/mol. The van der Waals surface area contributed by atoms with Gasteiger partial charge >= 0.3 is 0 Å². The molecule has 11 heavy (non-hydrogen) atoms. The number of hydrogen-bond acceptors (Lipinski definition) is 2. The van der Waals surface area contributed by atoms with Crippen molar-refractivity contribution in [1.29, 1.82) is 0 Å². The lowest BCUT2D eigenvalue weighted by molar-refractivity contribution is 0.0985. The first-order chi connectivity index (χ1) is 5.04. The van der Waals surface area contributed by atoms with Crippen LogP contribution in [0.1, 0.15) is 34.4 Å². The number of aryl methyl sites for hydroxylation is 1. The van der Waals surface area contributed by atoms with Crippen molar-refractivity contribution in [3.8, 4) is 0 Å². The van der Waals surface area contributed by atoms with E-state index >= 15 is 0 Å². The molecule has 1 aromatic heterocycles. The number of hydrogen-bond donors (Lipinski definition) is 0. The summed E-state index contributed by atoms with van der Waals surface area (Å²) >= 11 is 0. The SMILES string of the molecule is CC(=O)c1oc(C)c(C)c1C. The van der Waals surface area contributed by atoms with E-state index < -0.39 is 0 Å². The summed E-state index contributed by atoms with van der Waals surface area (Å²) in [5.74, 6) is 1.34. The maximum absolute atomic E-state index is 10.9. The lowest BCUT2D eigenvalue weighted by Crippen LogP contribution is -1.91. The van der Waals surface area contributed by atoms with Crippen LogP contribution in [0.15, 0.2) is 4.42 Å². The van der Waals surface area contributed by atoms with E-state index in [9.17, 15) is 4.79 Å². The van der Waals surface area contributed by atoms with Crippen LogP contribution < -0.4 is 0 Å². The van der Waals surface area contributed by atoms with Gasteiger partial charge in [0.25, 0.3) is 0 Å². The molecular weight excluding hydrogens is 140 g/mol. The van der Waals surface area contributed by atoms with E-state index in [2.05, 4.69) is 0 Å². The molecule has 0 atom stereocenters. The second kappa shape index (κ2) is 2.53. The minimum Gasteiger partial charge on any atom is -0.458 e. The Balaban J connectivity index is 3.29. The number of ketones is 1. The van der Waals surface area contributed by atoms with Crippen LogP contribution in [0, 0.1) is 20.8 Å². The summed E-state index contributed by atoms with van der Waals surface area (Å²) in [7, 11) is 0. The van der Waals surface area contributed by atoms with Gasteiger partial charge in [0.15, 0.2) is 11.5 Å². The molecule has 0 amide bonds. The van der Waals surface area contributed by atoms with Crippen molar-refractivity contribution in [2.45, 2.75) is 27.7 Å². The summed E-state index contributed by atoms with van der Waals surface area (Å²) in [6.07, 6.45) is 0. The second-order valence-electron chi connectivity index (χ2n) is 2.79. The molecule has 0 bridgehead atoms. The Hall–Kier alpha value is -1.05. The highest BCUT2D eigenvalue weighted by molar-refractivity contribution is 5.93. The van der Waals surface area contributed by atoms with Gasteiger partial charge in [0.1, 0.15) is 5.76 Å². The Morgan fingerprint density at radius 1 is 1.18 bits per heavy atom. The zero-order chi connectivity index (χ0) is 8.59. The lowest BCUT2D eigenvalue weighted by Gasteiger charge is -1.89. The Labute approximate surface area is 66.2 Å². The number of furan rings is 1. The van der Waals surface area contributed by atoms with Crippen LogP contribution in [0.3, 0.4) is 0 Å². The standard InChI is InChI=1S/C9H12O2/c1-5-6(2)9(7(3)10)11-8(5)4/h1-4H3. The van der Waals surface area contributed by atoms with Crippen LogP contribution in [-0.4, -0.2) is 5.78 Å². The zero-order valence-corrected chi connectivity index (χ0v) is 7.32. The summed E-state index contributed by atoms with van der Waals surface area (Å²) in [4.78, 5) is 10.9. The van der Waals surface area contributed by atoms with Crippen molar-refractivity contribution >= 4 is 5.78 Å². The highest BCUT2D eigenvalue weighted by Gasteiger charge is 2.13. The largest absolute Gasteiger partial charge is 0.458 e. The van der Waals surface area contributed by atoms with Crippen molar-refractivity contribution < 1.29 is 9.21 Å². The third kappa shape index (κ3) is 1.20. The number of rotatable bonds is 1. The zero-order valence-electron chi connectivity index (χ0n) is 7.32. The second-order valence-corrected chi connectivity index (χ2v) is 2.79. The molecule has 0 aromatic carbocycles. The van der Waals surface area contributed by atoms with Crippen LogP contribution >= 0.6 is 0 Å². The topological polar surface area (TPSA) is 30.2 Å². The molecule has 0 saturated carbocycles. The highest BCUT2D eigenvalue weighted by atomic mass is 16.3. The van der Waals surface area contributed by atoms with Crippen LogP contribution in [-0.2, 0) is 0 Å². The van der Waals surface area contributed by atoms with E-state index in [0.29, 0.717) is 5.76 Å². The summed E-state index contributed by atoms with van der Waals surface area (Å²) in [6.45, 7) is 7.25. The Bertz CT molecular complexity index is 295. The monoisotopic (exact) mass is 152 g/mol. The number of carbonyl (C=O) groups excluding carboxylic acids is 1. The first kappa shape index (κ1) is 8.05. The Morgan fingerprint density at radius 3 is 1.91 bits per heavy atom. The van der Waals surface area contributed by atoms with E-state index in [1.54, 1.807) is 0 Å². The fourth-order valence-electron chi connectivity index (χ4n) is 1.08. The van der Waals surface area contributed by atoms with Gasteiger partial charge in [0, 0.05) is 12.5 Å². The molecule has 0 aliphatic carbocycles. The van der Waals surface area contributed by atoms with Crippen LogP contribution in [0.2, 0.25) is 0 Å². The number of Topliss-reactive ketones (excluding diaryl/α,β-unsaturated/α-hetero) is 1. The molecule has 0 aliphatic rings. The van der Waals surface area contributed by atoms with Crippen molar-refractivity contribution in [2.75, 3.05) is 0 Å². The molecule has 0 radical (unpaired) electrons. The number of carbonyl (C=O) groups is 1. The van der Waals surface area contributed by atoms with Gasteiger partial charge in [0.05, 0.1) is 0 Å². The van der Waals surface area contributed by atoms with E-state index in [-0.39, 0.29) is 5.78 Å². The van der Waals surface area contributed by atoms with E-state index in [1.165, 1.54) is 6.92 Å². The van der Waals surface area contributed by atoms with Crippen LogP contribution in [0.5, 0.6) is 0 Å². The van der Waals surface area contributed by atoms with Gasteiger partial charge in [-0.15, -0.1) is 0 Å². The molecule has 0 unspecified atom stereocenters. The molecule has 2 nitrogen and oxygen atoms in total. The summed E-state index contributed by atoms with van der Waals surface area (Å²) < 4.78 is 5.26. The van der Waals surface area contributed by atoms with Gasteiger partial charge in [-0.3, -0.25) is 4.79 Å². The van der Waals surface area contributed by atoms with Crippen molar-refractivity contribution in [3.05, 3.63) is 22.6 Å². The quantitative estimate of drug-likeness (QED) is 0.578. The van der Waals surface area contributed by atoms with Gasteiger partial charge < -0.3 is 4.42 Å². The van der Waals surface area contributed by atoms with Gasteiger partial charge in [-0.2, -0.15) is 0 Å². The molecule has 0 fully saturated rings. The van der Waals surface area contributed by atoms with Crippen molar-refractivity contribution in [1.82, 2.24) is 0 Å². The first-order valence-electron chi connectivity index (χ1n) is 3.61. The minimum absolute atomic E-state index is 0.00120. The summed E-state index contributed by atoms with van der Waals surface area (Å²) in [5.41, 5.74) is 2.05. The van der Waals surface area contributed by atoms with Gasteiger partial charge in [-0.1, -0.05) is 0 Å². The molecule has 0 N–H and O–H groups in total. The molecular formula is C9H12O2. The lowest BCUT2D eigenvalue weighted by atomic mass is 10.1. The Kier molecular flexibility index (Phi) is 1.85. The molecule has 60 valence electrons. The minimum atomic E-state index is -0.00120. The highest BCUT2D eigenvalue weighted by Crippen LogP contribution is 2.20. The molecule has 1 aromatic rings. The first-order valence-corrected chi connectivity index (χ1v) is 3.61. The molecule has 0 spiro atoms. The molecule has 0 aliphatic heterocycles. The molecule has 1 rings (SSSR count). The average Bonchev–Trinajstić information content (AvgIpc) is 2.17. The van der Waals surface area contributed by atoms with Crippen LogP contribution in [0.4, 0.5) is 0 Å². The molecule has 1 heterocycles. The average molecular weight is 152 g/mol. The van der Waals surface area contributed by atoms with Gasteiger partial charge in [-0.25, -0.2) is 0 Å². The maximum atomic E-state index is 10.9. The van der Waals surface area contributed by atoms with E-state index in [4.69, 9.17) is 4.42 Å². The van der Waals surface area contributed by atoms with Gasteiger partial charge in [0.2, 0.25) is 0 Å². The van der Waals surface area contributed by atoms with Crippen molar-refractivity contribution in [2.24, 2.45) is 0 Å². The predicted octanol–water partition coefficient (Wildman–Crippen LogP) is 2.41. The fraction of sp³-hybridized carbons (Fsp3) is 0.444. The normalized spacial score (nSPS) is 10.2. The van der Waals surface area contributed by atoms with Gasteiger partial charge in [-0.05, 0) is 26.3 Å².